The van der Waals surface area contributed by atoms with E-state index < -0.39 is 12.7 Å². The number of hydrogen-bond donors (Lipinski definition) is 0. The van der Waals surface area contributed by atoms with Crippen molar-refractivity contribution in [1.82, 2.24) is 0 Å². The predicted octanol–water partition coefficient (Wildman–Crippen LogP) is 1.03. The van der Waals surface area contributed by atoms with Crippen LogP contribution < -0.4 is 0 Å². The van der Waals surface area contributed by atoms with Crippen molar-refractivity contribution in [3.8, 4) is 0 Å². The molecule has 0 aromatic heterocycles. The van der Waals surface area contributed by atoms with Crippen LogP contribution in [0.2, 0.25) is 0 Å². The Hall–Kier alpha value is -1.18. The Morgan fingerprint density at radius 2 is 1.70 bits per heavy atom. The molecule has 0 N–H and O–H groups in total. The van der Waals surface area contributed by atoms with Gasteiger partial charge in [0.05, 0.1) is 0 Å². The highest BCUT2D eigenvalue weighted by molar-refractivity contribution is 6.19. The zero-order valence-electron chi connectivity index (χ0n) is 7.55. The smallest absolute Gasteiger partial charge is 0.182 e. The molecule has 1 aliphatic rings. The number of carbonyl (C=O) groups is 2. The van der Waals surface area contributed by atoms with Crippen molar-refractivity contribution < 1.29 is 12.3 Å². The van der Waals surface area contributed by atoms with Gasteiger partial charge in [-0.3, -0.25) is 9.59 Å². The average Bonchev–Trinajstić information content (AvgIpc) is 1.96. The molecule has 0 heterocycles. The van der Waals surface area contributed by atoms with Crippen molar-refractivity contribution in [2.24, 2.45) is 0 Å². The molecule has 0 unspecified atom stereocenters. The molecule has 1 rings (SSSR count). The Morgan fingerprint density at radius 3 is 2.30 bits per heavy atom. The van der Waals surface area contributed by atoms with E-state index in [1.165, 1.54) is 13.0 Å². The lowest BCUT2D eigenvalue weighted by molar-refractivity contribution is -0.115. The SMILES string of the molecule is [2H]C([2H])C1=CC(=O)C(C)=CC1=O. The van der Waals surface area contributed by atoms with E-state index in [2.05, 4.69) is 0 Å². The number of rotatable bonds is 0. The summed E-state index contributed by atoms with van der Waals surface area (Å²) >= 11 is 0. The number of carbonyl (C=O) groups excluding carboxylic acids is 2. The Balaban J connectivity index is 3.01. The van der Waals surface area contributed by atoms with Crippen molar-refractivity contribution in [3.05, 3.63) is 23.3 Å². The summed E-state index contributed by atoms with van der Waals surface area (Å²) in [6, 6.07) is 0. The summed E-state index contributed by atoms with van der Waals surface area (Å²) in [6.07, 6.45) is 2.25. The van der Waals surface area contributed by atoms with Gasteiger partial charge in [-0.1, -0.05) is 0 Å². The molecule has 0 atom stereocenters. The second-order valence-corrected chi connectivity index (χ2v) is 2.16. The van der Waals surface area contributed by atoms with E-state index in [0.29, 0.717) is 5.57 Å². The Bertz CT molecular complexity index is 300. The quantitative estimate of drug-likeness (QED) is 0.468. The van der Waals surface area contributed by atoms with Crippen LogP contribution in [-0.4, -0.2) is 11.6 Å². The van der Waals surface area contributed by atoms with Crippen LogP contribution in [0.4, 0.5) is 0 Å². The van der Waals surface area contributed by atoms with Crippen LogP contribution >= 0.6 is 0 Å². The zero-order valence-corrected chi connectivity index (χ0v) is 5.55. The maximum absolute atomic E-state index is 11.1. The lowest BCUT2D eigenvalue weighted by atomic mass is 10.00. The fraction of sp³-hybridized carbons (Fsp3) is 0.250. The molecule has 0 saturated heterocycles. The zero-order chi connectivity index (χ0) is 9.30. The van der Waals surface area contributed by atoms with Crippen molar-refractivity contribution in [2.45, 2.75) is 13.8 Å². The van der Waals surface area contributed by atoms with Gasteiger partial charge in [0.1, 0.15) is 0 Å². The monoisotopic (exact) mass is 138 g/mol. The molecule has 0 spiro atoms. The first-order valence-electron chi connectivity index (χ1n) is 4.01. The fourth-order valence-electron chi connectivity index (χ4n) is 0.677. The summed E-state index contributed by atoms with van der Waals surface area (Å²) in [5.74, 6) is -0.684. The highest BCUT2D eigenvalue weighted by Gasteiger charge is 2.12. The van der Waals surface area contributed by atoms with Crippen LogP contribution in [-0.2, 0) is 9.59 Å². The summed E-state index contributed by atoms with van der Waals surface area (Å²) in [6.45, 7) is 0.168. The molecular weight excluding hydrogens is 128 g/mol. The third-order valence-corrected chi connectivity index (χ3v) is 1.31. The van der Waals surface area contributed by atoms with E-state index in [4.69, 9.17) is 2.74 Å². The van der Waals surface area contributed by atoms with Crippen molar-refractivity contribution in [1.29, 1.82) is 0 Å². The third-order valence-electron chi connectivity index (χ3n) is 1.31. The first-order chi connectivity index (χ1) is 5.52. The first kappa shape index (κ1) is 4.61. The summed E-state index contributed by atoms with van der Waals surface area (Å²) in [5, 5.41) is 0. The molecule has 0 aromatic carbocycles. The molecule has 0 aromatic rings. The molecular formula is C8H8O2. The average molecular weight is 138 g/mol. The second-order valence-electron chi connectivity index (χ2n) is 2.16. The van der Waals surface area contributed by atoms with Crippen LogP contribution in [0.5, 0.6) is 0 Å². The Kier molecular flexibility index (Phi) is 1.02. The summed E-state index contributed by atoms with van der Waals surface area (Å²) in [7, 11) is 0. The summed E-state index contributed by atoms with van der Waals surface area (Å²) in [4.78, 5) is 22.0. The Labute approximate surface area is 62.0 Å². The maximum Gasteiger partial charge on any atom is 0.182 e. The van der Waals surface area contributed by atoms with Crippen molar-refractivity contribution in [3.63, 3.8) is 0 Å². The molecule has 0 radical (unpaired) electrons. The van der Waals surface area contributed by atoms with Gasteiger partial charge < -0.3 is 0 Å². The van der Waals surface area contributed by atoms with E-state index in [-0.39, 0.29) is 11.4 Å². The van der Waals surface area contributed by atoms with E-state index in [0.717, 1.165) is 6.08 Å². The molecule has 0 amide bonds. The molecule has 1 aliphatic carbocycles. The third kappa shape index (κ3) is 1.05. The minimum atomic E-state index is -1.37. The van der Waals surface area contributed by atoms with Gasteiger partial charge in [0.2, 0.25) is 0 Å². The van der Waals surface area contributed by atoms with Crippen LogP contribution in [0, 0.1) is 0 Å². The van der Waals surface area contributed by atoms with Crippen molar-refractivity contribution in [2.75, 3.05) is 0 Å². The topological polar surface area (TPSA) is 34.1 Å². The van der Waals surface area contributed by atoms with Gasteiger partial charge in [-0.15, -0.1) is 0 Å². The van der Waals surface area contributed by atoms with Gasteiger partial charge in [0, 0.05) is 13.9 Å². The van der Waals surface area contributed by atoms with Gasteiger partial charge in [-0.25, -0.2) is 0 Å². The maximum atomic E-state index is 11.1. The van der Waals surface area contributed by atoms with Crippen LogP contribution in [0.3, 0.4) is 0 Å². The molecule has 0 bridgehead atoms. The van der Waals surface area contributed by atoms with Crippen LogP contribution in [0.1, 0.15) is 16.5 Å². The molecule has 0 saturated carbocycles. The second kappa shape index (κ2) is 2.21. The van der Waals surface area contributed by atoms with Gasteiger partial charge in [-0.05, 0) is 26.0 Å². The Morgan fingerprint density at radius 1 is 1.20 bits per heavy atom. The number of ketones is 2. The lowest BCUT2D eigenvalue weighted by Crippen LogP contribution is -2.08. The fourth-order valence-corrected chi connectivity index (χ4v) is 0.677. The largest absolute Gasteiger partial charge is 0.290 e. The molecule has 2 heteroatoms. The van der Waals surface area contributed by atoms with Gasteiger partial charge in [-0.2, -0.15) is 0 Å². The highest BCUT2D eigenvalue weighted by atomic mass is 16.1. The number of hydrogen-bond acceptors (Lipinski definition) is 2. The standard InChI is InChI=1S/C8H8O2/c1-5-3-8(10)6(2)4-7(5)9/h3-4H,1-2H3/i1D2. The molecule has 0 aliphatic heterocycles. The molecule has 0 fully saturated rings. The minimum absolute atomic E-state index is 0.0504. The van der Waals surface area contributed by atoms with E-state index in [1.54, 1.807) is 0 Å². The summed E-state index contributed by atoms with van der Waals surface area (Å²) in [5.41, 5.74) is 0.315. The summed E-state index contributed by atoms with van der Waals surface area (Å²) < 4.78 is 13.9. The van der Waals surface area contributed by atoms with Crippen molar-refractivity contribution >= 4 is 11.6 Å². The van der Waals surface area contributed by atoms with E-state index >= 15 is 0 Å². The minimum Gasteiger partial charge on any atom is -0.290 e. The molecule has 10 heavy (non-hydrogen) atoms. The normalized spacial score (nSPS) is 21.8. The van der Waals surface area contributed by atoms with Crippen LogP contribution in [0.15, 0.2) is 23.3 Å². The van der Waals surface area contributed by atoms with E-state index in [1.807, 2.05) is 0 Å². The van der Waals surface area contributed by atoms with Crippen LogP contribution in [0.25, 0.3) is 0 Å². The highest BCUT2D eigenvalue weighted by Crippen LogP contribution is 2.09. The van der Waals surface area contributed by atoms with Gasteiger partial charge >= 0.3 is 0 Å². The predicted molar refractivity (Wildman–Crippen MR) is 37.5 cm³/mol. The van der Waals surface area contributed by atoms with E-state index in [9.17, 15) is 9.59 Å². The molecule has 2 nitrogen and oxygen atoms in total. The van der Waals surface area contributed by atoms with Gasteiger partial charge in [0.15, 0.2) is 11.6 Å². The lowest BCUT2D eigenvalue weighted by Gasteiger charge is -2.03. The molecule has 52 valence electrons. The van der Waals surface area contributed by atoms with Gasteiger partial charge in [0.25, 0.3) is 0 Å². The first-order valence-corrected chi connectivity index (χ1v) is 2.85. The number of allylic oxidation sites excluding steroid dienone is 4.